The van der Waals surface area contributed by atoms with E-state index in [4.69, 9.17) is 20.2 Å². The predicted molar refractivity (Wildman–Crippen MR) is 111 cm³/mol. The van der Waals surface area contributed by atoms with Crippen LogP contribution in [0.4, 0.5) is 5.95 Å². The third-order valence-corrected chi connectivity index (χ3v) is 5.65. The molecule has 0 radical (unpaired) electrons. The molecule has 3 rings (SSSR count). The lowest BCUT2D eigenvalue weighted by atomic mass is 9.76. The average molecular weight is 407 g/mol. The Morgan fingerprint density at radius 2 is 1.79 bits per heavy atom. The van der Waals surface area contributed by atoms with Crippen LogP contribution in [0, 0.1) is 12.8 Å². The summed E-state index contributed by atoms with van der Waals surface area (Å²) in [5.41, 5.74) is 3.92. The van der Waals surface area contributed by atoms with E-state index in [0.29, 0.717) is 0 Å². The molecule has 1 aliphatic carbocycles. The van der Waals surface area contributed by atoms with Gasteiger partial charge in [-0.3, -0.25) is 14.5 Å². The molecule has 0 unspecified atom stereocenters. The number of carboxylic acid groups (broad SMARTS) is 2. The van der Waals surface area contributed by atoms with Crippen molar-refractivity contribution in [2.24, 2.45) is 5.92 Å². The lowest BCUT2D eigenvalue weighted by Crippen LogP contribution is -2.49. The third-order valence-electron chi connectivity index (χ3n) is 5.65. The fourth-order valence-electron chi connectivity index (χ4n) is 4.26. The number of aromatic nitrogens is 2. The monoisotopic (exact) mass is 406 g/mol. The molecule has 1 fully saturated rings. The summed E-state index contributed by atoms with van der Waals surface area (Å²) < 4.78 is 0. The first-order valence-corrected chi connectivity index (χ1v) is 10.4. The molecule has 2 heterocycles. The number of carboxylic acids is 2. The molecule has 0 saturated carbocycles. The number of nitrogens with zero attached hydrogens (tertiary/aromatic N) is 4. The number of carbonyl (C=O) groups is 2. The largest absolute Gasteiger partial charge is 0.481 e. The van der Waals surface area contributed by atoms with Crippen molar-refractivity contribution in [3.05, 3.63) is 17.0 Å². The first-order chi connectivity index (χ1) is 13.7. The minimum Gasteiger partial charge on any atom is -0.481 e. The van der Waals surface area contributed by atoms with Crippen molar-refractivity contribution in [2.75, 3.05) is 32.1 Å². The summed E-state index contributed by atoms with van der Waals surface area (Å²) in [7, 11) is 4.05. The number of anilines is 1. The van der Waals surface area contributed by atoms with Crippen molar-refractivity contribution >= 4 is 17.9 Å². The minimum atomic E-state index is -1.08. The van der Waals surface area contributed by atoms with E-state index in [-0.39, 0.29) is 12.8 Å². The van der Waals surface area contributed by atoms with Crippen LogP contribution in [0.25, 0.3) is 0 Å². The summed E-state index contributed by atoms with van der Waals surface area (Å²) in [4.78, 5) is 33.5. The summed E-state index contributed by atoms with van der Waals surface area (Å²) >= 11 is 0. The molecule has 29 heavy (non-hydrogen) atoms. The summed E-state index contributed by atoms with van der Waals surface area (Å²) in [6.45, 7) is 6.96. The second-order valence-corrected chi connectivity index (χ2v) is 8.13. The molecular weight excluding hydrogens is 372 g/mol. The zero-order valence-electron chi connectivity index (χ0n) is 18.0. The van der Waals surface area contributed by atoms with Gasteiger partial charge in [0.25, 0.3) is 0 Å². The summed E-state index contributed by atoms with van der Waals surface area (Å²) in [5.74, 6) is -0.493. The molecule has 2 aliphatic rings. The van der Waals surface area contributed by atoms with Gasteiger partial charge >= 0.3 is 11.9 Å². The molecule has 0 aromatic carbocycles. The molecule has 1 aliphatic heterocycles. The Balaban J connectivity index is 0.000000321. The summed E-state index contributed by atoms with van der Waals surface area (Å²) in [6, 6.07) is 0.721. The Morgan fingerprint density at radius 1 is 1.14 bits per heavy atom. The molecule has 2 N–H and O–H groups in total. The number of hydrogen-bond donors (Lipinski definition) is 2. The second kappa shape index (κ2) is 10.5. The normalized spacial score (nSPS) is 20.7. The maximum Gasteiger partial charge on any atom is 0.303 e. The van der Waals surface area contributed by atoms with Gasteiger partial charge in [0, 0.05) is 31.5 Å². The molecule has 2 atom stereocenters. The quantitative estimate of drug-likeness (QED) is 0.741. The highest BCUT2D eigenvalue weighted by molar-refractivity contribution is 5.75. The van der Waals surface area contributed by atoms with Gasteiger partial charge in [0.15, 0.2) is 0 Å². The number of aliphatic carboxylic acids is 2. The van der Waals surface area contributed by atoms with Gasteiger partial charge in [0.2, 0.25) is 5.95 Å². The van der Waals surface area contributed by atoms with Crippen LogP contribution in [0.5, 0.6) is 0 Å². The topological polar surface area (TPSA) is 107 Å². The second-order valence-electron chi connectivity index (χ2n) is 8.13. The standard InChI is InChI=1S/C17H28N4.C4H6O4/c1-5-8-21-9-6-7-13-10-15-14(11-16(13)21)12(2)18-17(19-15)20(3)4;5-3(6)1-2-4(7)8/h13,16H,5-11H2,1-4H3;1-2H2,(H,5,6)(H,7,8)/t13-,16-;/m0./s1. The molecule has 0 amide bonds. The zero-order chi connectivity index (χ0) is 21.6. The molecule has 1 aromatic heterocycles. The van der Waals surface area contributed by atoms with Crippen LogP contribution < -0.4 is 4.90 Å². The number of fused-ring (bicyclic) bond motifs is 2. The molecule has 8 heteroatoms. The number of hydrogen-bond acceptors (Lipinski definition) is 6. The van der Waals surface area contributed by atoms with Crippen LogP contribution in [0.15, 0.2) is 0 Å². The number of aryl methyl sites for hydroxylation is 1. The highest BCUT2D eigenvalue weighted by Crippen LogP contribution is 2.35. The van der Waals surface area contributed by atoms with Gasteiger partial charge in [-0.15, -0.1) is 0 Å². The lowest BCUT2D eigenvalue weighted by molar-refractivity contribution is -0.143. The van der Waals surface area contributed by atoms with E-state index < -0.39 is 11.9 Å². The van der Waals surface area contributed by atoms with Crippen LogP contribution >= 0.6 is 0 Å². The van der Waals surface area contributed by atoms with Crippen LogP contribution in [-0.4, -0.2) is 70.2 Å². The maximum absolute atomic E-state index is 9.64. The van der Waals surface area contributed by atoms with Crippen molar-refractivity contribution < 1.29 is 19.8 Å². The predicted octanol–water partition coefficient (Wildman–Crippen LogP) is 2.38. The molecule has 8 nitrogen and oxygen atoms in total. The van der Waals surface area contributed by atoms with Gasteiger partial charge in [-0.05, 0) is 63.6 Å². The van der Waals surface area contributed by atoms with Gasteiger partial charge in [-0.1, -0.05) is 6.92 Å². The Labute approximate surface area is 173 Å². The lowest BCUT2D eigenvalue weighted by Gasteiger charge is -2.44. The highest BCUT2D eigenvalue weighted by Gasteiger charge is 2.36. The number of piperidine rings is 1. The van der Waals surface area contributed by atoms with Crippen LogP contribution in [0.1, 0.15) is 56.0 Å². The number of rotatable bonds is 6. The first-order valence-electron chi connectivity index (χ1n) is 10.4. The Morgan fingerprint density at radius 3 is 2.34 bits per heavy atom. The van der Waals surface area contributed by atoms with Gasteiger partial charge in [-0.2, -0.15) is 0 Å². The Kier molecular flexibility index (Phi) is 8.37. The molecule has 162 valence electrons. The number of likely N-dealkylation sites (tertiary alicyclic amines) is 1. The van der Waals surface area contributed by atoms with Gasteiger partial charge in [-0.25, -0.2) is 9.97 Å². The van der Waals surface area contributed by atoms with Gasteiger partial charge in [0.05, 0.1) is 12.8 Å². The maximum atomic E-state index is 9.64. The fraction of sp³-hybridized carbons (Fsp3) is 0.714. The average Bonchev–Trinajstić information content (AvgIpc) is 2.66. The molecule has 1 aromatic rings. The zero-order valence-corrected chi connectivity index (χ0v) is 18.0. The van der Waals surface area contributed by atoms with Crippen LogP contribution in [-0.2, 0) is 22.4 Å². The Hall–Kier alpha value is -2.22. The van der Waals surface area contributed by atoms with Crippen molar-refractivity contribution in [1.82, 2.24) is 14.9 Å². The summed E-state index contributed by atoms with van der Waals surface area (Å²) in [5, 5.41) is 15.8. The van der Waals surface area contributed by atoms with Crippen molar-refractivity contribution in [3.63, 3.8) is 0 Å². The molecule has 0 spiro atoms. The van der Waals surface area contributed by atoms with E-state index in [0.717, 1.165) is 30.7 Å². The van der Waals surface area contributed by atoms with Gasteiger partial charge < -0.3 is 15.1 Å². The molecule has 0 bridgehead atoms. The summed E-state index contributed by atoms with van der Waals surface area (Å²) in [6.07, 6.45) is 5.67. The van der Waals surface area contributed by atoms with E-state index in [1.54, 1.807) is 0 Å². The fourth-order valence-corrected chi connectivity index (χ4v) is 4.26. The van der Waals surface area contributed by atoms with E-state index >= 15 is 0 Å². The first kappa shape index (κ1) is 23.1. The van der Waals surface area contributed by atoms with Crippen LogP contribution in [0.2, 0.25) is 0 Å². The Bertz CT molecular complexity index is 707. The van der Waals surface area contributed by atoms with Gasteiger partial charge in [0.1, 0.15) is 0 Å². The molecular formula is C21H34N4O4. The minimum absolute atomic E-state index is 0.296. The van der Waals surface area contributed by atoms with Crippen molar-refractivity contribution in [1.29, 1.82) is 0 Å². The smallest absolute Gasteiger partial charge is 0.303 e. The van der Waals surface area contributed by atoms with E-state index in [9.17, 15) is 9.59 Å². The molecule has 1 saturated heterocycles. The highest BCUT2D eigenvalue weighted by atomic mass is 16.4. The van der Waals surface area contributed by atoms with E-state index in [1.165, 1.54) is 49.3 Å². The third kappa shape index (κ3) is 6.39. The SMILES string of the molecule is CCCN1CCC[C@H]2Cc3nc(N(C)C)nc(C)c3C[C@@H]21.O=C(O)CCC(=O)O. The van der Waals surface area contributed by atoms with E-state index in [2.05, 4.69) is 18.7 Å². The van der Waals surface area contributed by atoms with Crippen molar-refractivity contribution in [2.45, 2.75) is 64.8 Å². The van der Waals surface area contributed by atoms with E-state index in [1.807, 2.05) is 19.0 Å². The van der Waals surface area contributed by atoms with Crippen molar-refractivity contribution in [3.8, 4) is 0 Å². The van der Waals surface area contributed by atoms with Crippen LogP contribution in [0.3, 0.4) is 0 Å².